The van der Waals surface area contributed by atoms with Crippen molar-refractivity contribution < 1.29 is 19.8 Å². The van der Waals surface area contributed by atoms with Crippen molar-refractivity contribution in [3.05, 3.63) is 70.2 Å². The number of hydrogen-bond acceptors (Lipinski definition) is 4. The Bertz CT molecular complexity index is 844. The molecule has 3 N–H and O–H groups in total. The number of nitrogens with zero attached hydrogens (tertiary/aromatic N) is 1. The van der Waals surface area contributed by atoms with Gasteiger partial charge >= 0.3 is 0 Å². The molecule has 0 bridgehead atoms. The summed E-state index contributed by atoms with van der Waals surface area (Å²) in [7, 11) is 0. The number of halogens is 1. The number of likely N-dealkylation sites (tertiary alicyclic amines) is 1. The zero-order chi connectivity index (χ0) is 21.0. The van der Waals surface area contributed by atoms with Crippen molar-refractivity contribution in [3.63, 3.8) is 0 Å². The summed E-state index contributed by atoms with van der Waals surface area (Å²) in [5, 5.41) is 23.3. The molecule has 0 aromatic heterocycles. The first kappa shape index (κ1) is 21.5. The van der Waals surface area contributed by atoms with E-state index in [2.05, 4.69) is 21.2 Å². The van der Waals surface area contributed by atoms with Crippen molar-refractivity contribution in [2.75, 3.05) is 6.54 Å². The molecule has 1 aliphatic rings. The largest absolute Gasteiger partial charge is 0.380 e. The SMILES string of the molecule is C[C@H](NC(=O)[C@H](O)[C@@H](O)C(=O)N1CCCC1c1ccccc1)c1ccc(Br)cc1. The van der Waals surface area contributed by atoms with Gasteiger partial charge in [-0.15, -0.1) is 0 Å². The maximum Gasteiger partial charge on any atom is 0.255 e. The Kier molecular flexibility index (Phi) is 7.05. The molecule has 1 saturated heterocycles. The normalized spacial score (nSPS) is 19.4. The van der Waals surface area contributed by atoms with E-state index < -0.39 is 24.0 Å². The molecular formula is C22H25BrN2O4. The van der Waals surface area contributed by atoms with Gasteiger partial charge in [0.05, 0.1) is 12.1 Å². The third-order valence-corrected chi connectivity index (χ3v) is 5.80. The van der Waals surface area contributed by atoms with Gasteiger partial charge in [-0.3, -0.25) is 9.59 Å². The molecule has 1 aliphatic heterocycles. The molecule has 0 radical (unpaired) electrons. The van der Waals surface area contributed by atoms with Gasteiger partial charge in [0.25, 0.3) is 11.8 Å². The molecule has 0 aliphatic carbocycles. The minimum Gasteiger partial charge on any atom is -0.380 e. The topological polar surface area (TPSA) is 89.9 Å². The number of carbonyl (C=O) groups is 2. The van der Waals surface area contributed by atoms with Crippen LogP contribution in [0.4, 0.5) is 0 Å². The summed E-state index contributed by atoms with van der Waals surface area (Å²) >= 11 is 3.35. The average molecular weight is 461 g/mol. The number of carbonyl (C=O) groups excluding carboxylic acids is 2. The molecule has 1 heterocycles. The molecule has 2 aromatic rings. The zero-order valence-electron chi connectivity index (χ0n) is 16.2. The van der Waals surface area contributed by atoms with Crippen LogP contribution in [0.1, 0.15) is 43.0 Å². The standard InChI is InChI=1S/C22H25BrN2O4/c1-14(15-9-11-17(23)12-10-15)24-21(28)19(26)20(27)22(29)25-13-5-8-18(25)16-6-3-2-4-7-16/h2-4,6-7,9-12,14,18-20,26-27H,5,8,13H2,1H3,(H,24,28)/t14-,18?,19+,20+/m0/s1. The average Bonchev–Trinajstić information content (AvgIpc) is 3.23. The molecule has 1 unspecified atom stereocenters. The molecule has 2 aromatic carbocycles. The number of benzene rings is 2. The minimum atomic E-state index is -1.84. The third kappa shape index (κ3) is 5.04. The second-order valence-electron chi connectivity index (χ2n) is 7.27. The Balaban J connectivity index is 1.63. The van der Waals surface area contributed by atoms with Crippen LogP contribution in [0, 0.1) is 0 Å². The lowest BCUT2D eigenvalue weighted by Gasteiger charge is -2.29. The van der Waals surface area contributed by atoms with E-state index in [9.17, 15) is 19.8 Å². The Labute approximate surface area is 178 Å². The van der Waals surface area contributed by atoms with Crippen LogP contribution in [-0.4, -0.2) is 45.7 Å². The smallest absolute Gasteiger partial charge is 0.255 e. The van der Waals surface area contributed by atoms with Gasteiger partial charge in [-0.25, -0.2) is 0 Å². The summed E-state index contributed by atoms with van der Waals surface area (Å²) in [6, 6.07) is 16.4. The first-order chi connectivity index (χ1) is 13.9. The number of nitrogens with one attached hydrogen (secondary N) is 1. The molecule has 1 fully saturated rings. The molecule has 4 atom stereocenters. The lowest BCUT2D eigenvalue weighted by molar-refractivity contribution is -0.154. The Morgan fingerprint density at radius 2 is 1.72 bits per heavy atom. The fourth-order valence-electron chi connectivity index (χ4n) is 3.63. The van der Waals surface area contributed by atoms with Gasteiger partial charge in [0.1, 0.15) is 0 Å². The molecule has 0 saturated carbocycles. The van der Waals surface area contributed by atoms with Crippen molar-refractivity contribution >= 4 is 27.7 Å². The summed E-state index contributed by atoms with van der Waals surface area (Å²) < 4.78 is 0.916. The van der Waals surface area contributed by atoms with E-state index >= 15 is 0 Å². The number of rotatable bonds is 6. The van der Waals surface area contributed by atoms with E-state index in [4.69, 9.17) is 0 Å². The van der Waals surface area contributed by atoms with Gasteiger partial charge in [0, 0.05) is 11.0 Å². The maximum absolute atomic E-state index is 12.8. The molecular weight excluding hydrogens is 436 g/mol. The van der Waals surface area contributed by atoms with Crippen LogP contribution in [-0.2, 0) is 9.59 Å². The van der Waals surface area contributed by atoms with E-state index in [1.165, 1.54) is 0 Å². The quantitative estimate of drug-likeness (QED) is 0.617. The third-order valence-electron chi connectivity index (χ3n) is 5.27. The molecule has 154 valence electrons. The first-order valence-corrected chi connectivity index (χ1v) is 10.4. The molecule has 29 heavy (non-hydrogen) atoms. The van der Waals surface area contributed by atoms with Crippen LogP contribution in [0.25, 0.3) is 0 Å². The fraction of sp³-hybridized carbons (Fsp3) is 0.364. The summed E-state index contributed by atoms with van der Waals surface area (Å²) in [4.78, 5) is 26.8. The summed E-state index contributed by atoms with van der Waals surface area (Å²) in [6.07, 6.45) is -2.06. The Hall–Kier alpha value is -2.22. The van der Waals surface area contributed by atoms with E-state index in [1.807, 2.05) is 54.6 Å². The molecule has 2 amide bonds. The van der Waals surface area contributed by atoms with E-state index in [0.29, 0.717) is 6.54 Å². The van der Waals surface area contributed by atoms with Crippen LogP contribution >= 0.6 is 15.9 Å². The lowest BCUT2D eigenvalue weighted by Crippen LogP contribution is -2.50. The summed E-state index contributed by atoms with van der Waals surface area (Å²) in [5.41, 5.74) is 1.83. The lowest BCUT2D eigenvalue weighted by atomic mass is 10.0. The van der Waals surface area contributed by atoms with Crippen LogP contribution in [0.15, 0.2) is 59.1 Å². The zero-order valence-corrected chi connectivity index (χ0v) is 17.7. The highest BCUT2D eigenvalue weighted by atomic mass is 79.9. The number of amides is 2. The Morgan fingerprint density at radius 1 is 1.07 bits per heavy atom. The monoisotopic (exact) mass is 460 g/mol. The molecule has 3 rings (SSSR count). The van der Waals surface area contributed by atoms with Gasteiger partial charge in [-0.2, -0.15) is 0 Å². The van der Waals surface area contributed by atoms with Crippen LogP contribution in [0.2, 0.25) is 0 Å². The van der Waals surface area contributed by atoms with Crippen LogP contribution in [0.3, 0.4) is 0 Å². The van der Waals surface area contributed by atoms with Crippen molar-refractivity contribution in [3.8, 4) is 0 Å². The Morgan fingerprint density at radius 3 is 2.38 bits per heavy atom. The van der Waals surface area contributed by atoms with E-state index in [-0.39, 0.29) is 12.1 Å². The van der Waals surface area contributed by atoms with Crippen molar-refractivity contribution in [1.29, 1.82) is 0 Å². The van der Waals surface area contributed by atoms with Crippen LogP contribution < -0.4 is 5.32 Å². The van der Waals surface area contributed by atoms with Crippen molar-refractivity contribution in [1.82, 2.24) is 10.2 Å². The van der Waals surface area contributed by atoms with Gasteiger partial charge in [-0.05, 0) is 43.0 Å². The highest BCUT2D eigenvalue weighted by molar-refractivity contribution is 9.10. The highest BCUT2D eigenvalue weighted by Crippen LogP contribution is 2.32. The number of hydrogen-bond donors (Lipinski definition) is 3. The van der Waals surface area contributed by atoms with Gasteiger partial charge in [0.15, 0.2) is 12.2 Å². The predicted molar refractivity (Wildman–Crippen MR) is 113 cm³/mol. The van der Waals surface area contributed by atoms with E-state index in [1.54, 1.807) is 11.8 Å². The van der Waals surface area contributed by atoms with Gasteiger partial charge in [-0.1, -0.05) is 58.4 Å². The minimum absolute atomic E-state index is 0.157. The fourth-order valence-corrected chi connectivity index (χ4v) is 3.90. The first-order valence-electron chi connectivity index (χ1n) is 9.66. The second-order valence-corrected chi connectivity index (χ2v) is 8.19. The number of aliphatic hydroxyl groups is 2. The summed E-state index contributed by atoms with van der Waals surface area (Å²) in [6.45, 7) is 2.26. The van der Waals surface area contributed by atoms with Crippen molar-refractivity contribution in [2.24, 2.45) is 0 Å². The van der Waals surface area contributed by atoms with Crippen molar-refractivity contribution in [2.45, 2.75) is 44.1 Å². The second kappa shape index (κ2) is 9.52. The van der Waals surface area contributed by atoms with E-state index in [0.717, 1.165) is 28.4 Å². The van der Waals surface area contributed by atoms with Gasteiger partial charge in [0.2, 0.25) is 0 Å². The molecule has 6 nitrogen and oxygen atoms in total. The molecule has 0 spiro atoms. The summed E-state index contributed by atoms with van der Waals surface area (Å²) in [5.74, 6) is -1.41. The number of aliphatic hydroxyl groups excluding tert-OH is 2. The van der Waals surface area contributed by atoms with Crippen LogP contribution in [0.5, 0.6) is 0 Å². The van der Waals surface area contributed by atoms with Gasteiger partial charge < -0.3 is 20.4 Å². The molecule has 7 heteroatoms. The maximum atomic E-state index is 12.8. The predicted octanol–water partition coefficient (Wildman–Crippen LogP) is 2.71. The highest BCUT2D eigenvalue weighted by Gasteiger charge is 2.38.